The van der Waals surface area contributed by atoms with Gasteiger partial charge in [-0.2, -0.15) is 0 Å². The van der Waals surface area contributed by atoms with E-state index >= 15 is 0 Å². The minimum absolute atomic E-state index is 0.204. The van der Waals surface area contributed by atoms with Gasteiger partial charge in [0.2, 0.25) is 5.91 Å². The Morgan fingerprint density at radius 3 is 2.71 bits per heavy atom. The third-order valence-electron chi connectivity index (χ3n) is 5.38. The second-order valence-electron chi connectivity index (χ2n) is 7.52. The molecule has 1 aromatic rings. The molecule has 0 spiro atoms. The van der Waals surface area contributed by atoms with Crippen molar-refractivity contribution in [3.63, 3.8) is 0 Å². The van der Waals surface area contributed by atoms with E-state index in [1.807, 2.05) is 0 Å². The van der Waals surface area contributed by atoms with Crippen molar-refractivity contribution >= 4 is 5.91 Å². The third kappa shape index (κ3) is 2.18. The molecule has 2 heterocycles. The number of carbonyl (C=O) groups is 1. The van der Waals surface area contributed by atoms with E-state index in [1.165, 1.54) is 11.1 Å². The van der Waals surface area contributed by atoms with Gasteiger partial charge in [0.25, 0.3) is 0 Å². The number of hydrogen-bond acceptors (Lipinski definition) is 2. The van der Waals surface area contributed by atoms with Gasteiger partial charge in [-0.15, -0.1) is 0 Å². The van der Waals surface area contributed by atoms with E-state index in [2.05, 4.69) is 47.9 Å². The molecule has 1 atom stereocenters. The van der Waals surface area contributed by atoms with Crippen LogP contribution in [0.3, 0.4) is 0 Å². The molecule has 2 fully saturated rings. The first kappa shape index (κ1) is 13.3. The van der Waals surface area contributed by atoms with Crippen LogP contribution in [0.15, 0.2) is 24.3 Å². The Kier molecular flexibility index (Phi) is 2.90. The van der Waals surface area contributed by atoms with Gasteiger partial charge in [0.15, 0.2) is 0 Å². The lowest BCUT2D eigenvalue weighted by Crippen LogP contribution is -2.56. The molecule has 4 rings (SSSR count). The Labute approximate surface area is 126 Å². The fraction of sp³-hybridized carbons (Fsp3) is 0.611. The minimum Gasteiger partial charge on any atom is -0.339 e. The zero-order chi connectivity index (χ0) is 14.6. The van der Waals surface area contributed by atoms with Crippen LogP contribution in [0.1, 0.15) is 43.9 Å². The number of nitrogens with zero attached hydrogens (tertiary/aromatic N) is 2. The molecule has 3 aliphatic rings. The Hall–Kier alpha value is -1.35. The van der Waals surface area contributed by atoms with Gasteiger partial charge in [-0.1, -0.05) is 38.1 Å². The van der Waals surface area contributed by atoms with Gasteiger partial charge in [-0.25, -0.2) is 0 Å². The van der Waals surface area contributed by atoms with Crippen LogP contribution in [0.4, 0.5) is 0 Å². The van der Waals surface area contributed by atoms with Crippen LogP contribution in [0.25, 0.3) is 0 Å². The van der Waals surface area contributed by atoms with Crippen molar-refractivity contribution in [2.75, 3.05) is 26.2 Å². The van der Waals surface area contributed by atoms with Crippen LogP contribution in [-0.4, -0.2) is 41.9 Å². The Bertz CT molecular complexity index is 576. The van der Waals surface area contributed by atoms with Crippen molar-refractivity contribution in [3.8, 4) is 0 Å². The highest BCUT2D eigenvalue weighted by Gasteiger charge is 2.42. The predicted octanol–water partition coefficient (Wildman–Crippen LogP) is 2.57. The molecular weight excluding hydrogens is 260 g/mol. The fourth-order valence-corrected chi connectivity index (χ4v) is 4.09. The molecule has 3 nitrogen and oxygen atoms in total. The molecule has 3 heteroatoms. The van der Waals surface area contributed by atoms with Crippen LogP contribution in [0, 0.1) is 5.92 Å². The van der Waals surface area contributed by atoms with Crippen molar-refractivity contribution in [3.05, 3.63) is 35.4 Å². The maximum atomic E-state index is 12.4. The van der Waals surface area contributed by atoms with Crippen molar-refractivity contribution in [2.45, 2.75) is 38.1 Å². The maximum Gasteiger partial charge on any atom is 0.225 e. The normalized spacial score (nSPS) is 27.9. The van der Waals surface area contributed by atoms with Crippen LogP contribution in [0.5, 0.6) is 0 Å². The van der Waals surface area contributed by atoms with Crippen molar-refractivity contribution in [2.24, 2.45) is 5.92 Å². The van der Waals surface area contributed by atoms with Crippen LogP contribution < -0.4 is 0 Å². The first-order valence-electron chi connectivity index (χ1n) is 8.18. The average molecular weight is 284 g/mol. The number of benzene rings is 1. The molecule has 1 saturated heterocycles. The monoisotopic (exact) mass is 284 g/mol. The number of hydrogen-bond donors (Lipinski definition) is 0. The van der Waals surface area contributed by atoms with Gasteiger partial charge in [-0.3, -0.25) is 9.69 Å². The van der Waals surface area contributed by atoms with E-state index in [9.17, 15) is 4.79 Å². The van der Waals surface area contributed by atoms with Crippen LogP contribution >= 0.6 is 0 Å². The van der Waals surface area contributed by atoms with E-state index in [1.54, 1.807) is 0 Å². The van der Waals surface area contributed by atoms with Gasteiger partial charge in [0.1, 0.15) is 0 Å². The van der Waals surface area contributed by atoms with E-state index in [0.717, 1.165) is 39.0 Å². The van der Waals surface area contributed by atoms with Gasteiger partial charge in [0.05, 0.1) is 6.04 Å². The summed E-state index contributed by atoms with van der Waals surface area (Å²) in [4.78, 5) is 17.1. The standard InChI is InChI=1S/C18H24N2O/c1-18(2)12-20-10-9-19(17(21)13-7-8-13)11-16(20)14-5-3-4-6-15(14)18/h3-6,13,16H,7-12H2,1-2H3. The Balaban J connectivity index is 1.65. The Morgan fingerprint density at radius 1 is 1.19 bits per heavy atom. The largest absolute Gasteiger partial charge is 0.339 e. The van der Waals surface area contributed by atoms with E-state index in [4.69, 9.17) is 0 Å². The highest BCUT2D eigenvalue weighted by atomic mass is 16.2. The fourth-order valence-electron chi connectivity index (χ4n) is 4.09. The zero-order valence-electron chi connectivity index (χ0n) is 13.0. The Morgan fingerprint density at radius 2 is 1.95 bits per heavy atom. The van der Waals surface area contributed by atoms with Crippen molar-refractivity contribution in [1.29, 1.82) is 0 Å². The van der Waals surface area contributed by atoms with Gasteiger partial charge in [0, 0.05) is 37.5 Å². The summed E-state index contributed by atoms with van der Waals surface area (Å²) in [5, 5.41) is 0. The van der Waals surface area contributed by atoms with Crippen molar-refractivity contribution < 1.29 is 4.79 Å². The average Bonchev–Trinajstić information content (AvgIpc) is 3.31. The second kappa shape index (κ2) is 4.57. The minimum atomic E-state index is 0.204. The SMILES string of the molecule is CC1(C)CN2CCN(C(=O)C3CC3)CC2c2ccccc21. The summed E-state index contributed by atoms with van der Waals surface area (Å²) in [5.74, 6) is 0.740. The summed E-state index contributed by atoms with van der Waals surface area (Å²) in [6.07, 6.45) is 2.21. The lowest BCUT2D eigenvalue weighted by atomic mass is 9.75. The topological polar surface area (TPSA) is 23.6 Å². The predicted molar refractivity (Wildman–Crippen MR) is 83.1 cm³/mol. The number of rotatable bonds is 1. The summed E-state index contributed by atoms with van der Waals surface area (Å²) in [5.41, 5.74) is 3.10. The van der Waals surface area contributed by atoms with Crippen LogP contribution in [-0.2, 0) is 10.2 Å². The van der Waals surface area contributed by atoms with Gasteiger partial charge < -0.3 is 4.90 Å². The maximum absolute atomic E-state index is 12.4. The number of fused-ring (bicyclic) bond motifs is 3. The molecule has 0 N–H and O–H groups in total. The first-order valence-corrected chi connectivity index (χ1v) is 8.18. The summed E-state index contributed by atoms with van der Waals surface area (Å²) in [6.45, 7) is 8.57. The number of carbonyl (C=O) groups excluding carboxylic acids is 1. The smallest absolute Gasteiger partial charge is 0.225 e. The lowest BCUT2D eigenvalue weighted by Gasteiger charge is -2.50. The molecule has 1 aromatic carbocycles. The molecule has 21 heavy (non-hydrogen) atoms. The number of amides is 1. The quantitative estimate of drug-likeness (QED) is 0.791. The molecule has 0 bridgehead atoms. The molecule has 0 aromatic heterocycles. The summed E-state index contributed by atoms with van der Waals surface area (Å²) in [6, 6.07) is 9.21. The molecule has 2 aliphatic heterocycles. The molecular formula is C18H24N2O. The molecule has 1 unspecified atom stereocenters. The first-order chi connectivity index (χ1) is 10.1. The van der Waals surface area contributed by atoms with E-state index < -0.39 is 0 Å². The second-order valence-corrected chi connectivity index (χ2v) is 7.52. The number of piperazine rings is 1. The van der Waals surface area contributed by atoms with Gasteiger partial charge >= 0.3 is 0 Å². The lowest BCUT2D eigenvalue weighted by molar-refractivity contribution is -0.136. The van der Waals surface area contributed by atoms with E-state index in [0.29, 0.717) is 17.9 Å². The van der Waals surface area contributed by atoms with Crippen LogP contribution in [0.2, 0.25) is 0 Å². The molecule has 1 amide bonds. The highest BCUT2D eigenvalue weighted by molar-refractivity contribution is 5.81. The zero-order valence-corrected chi connectivity index (χ0v) is 13.0. The third-order valence-corrected chi connectivity index (χ3v) is 5.38. The summed E-state index contributed by atoms with van der Waals surface area (Å²) >= 11 is 0. The van der Waals surface area contributed by atoms with Crippen molar-refractivity contribution in [1.82, 2.24) is 9.80 Å². The summed E-state index contributed by atoms with van der Waals surface area (Å²) < 4.78 is 0. The van der Waals surface area contributed by atoms with E-state index in [-0.39, 0.29) is 5.41 Å². The molecule has 1 aliphatic carbocycles. The molecule has 1 saturated carbocycles. The highest BCUT2D eigenvalue weighted by Crippen LogP contribution is 2.41. The van der Waals surface area contributed by atoms with Gasteiger partial charge in [-0.05, 0) is 24.0 Å². The summed E-state index contributed by atoms with van der Waals surface area (Å²) in [7, 11) is 0. The molecule has 112 valence electrons. The molecule has 0 radical (unpaired) electrons.